The van der Waals surface area contributed by atoms with E-state index in [-0.39, 0.29) is 0 Å². The Morgan fingerprint density at radius 1 is 1.89 bits per heavy atom. The summed E-state index contributed by atoms with van der Waals surface area (Å²) in [6.07, 6.45) is 8.72. The molecule has 1 aliphatic rings. The molecule has 0 spiro atoms. The highest BCUT2D eigenvalue weighted by molar-refractivity contribution is 6.02. The van der Waals surface area contributed by atoms with Crippen molar-refractivity contribution in [2.24, 2.45) is 4.99 Å². The van der Waals surface area contributed by atoms with Gasteiger partial charge in [-0.3, -0.25) is 0 Å². The normalized spacial score (nSPS) is 16.9. The Balaban J connectivity index is 2.69. The Hall–Kier alpha value is -1.23. The van der Waals surface area contributed by atoms with E-state index >= 15 is 0 Å². The van der Waals surface area contributed by atoms with Gasteiger partial charge in [0.05, 0.1) is 6.54 Å². The summed E-state index contributed by atoms with van der Waals surface area (Å²) < 4.78 is 0. The zero-order valence-electron chi connectivity index (χ0n) is 5.33. The van der Waals surface area contributed by atoms with Crippen LogP contribution in [0.15, 0.2) is 17.4 Å². The van der Waals surface area contributed by atoms with Crippen LogP contribution in [0.3, 0.4) is 0 Å². The predicted molar refractivity (Wildman–Crippen MR) is 38.0 cm³/mol. The first-order valence-electron chi connectivity index (χ1n) is 2.73. The molecule has 2 heteroatoms. The van der Waals surface area contributed by atoms with Crippen molar-refractivity contribution in [3.05, 3.63) is 12.4 Å². The van der Waals surface area contributed by atoms with Crippen LogP contribution in [-0.2, 0) is 0 Å². The molecular weight excluding hydrogens is 112 g/mol. The molecule has 0 amide bonds. The fourth-order valence-electron chi connectivity index (χ4n) is 0.650. The highest BCUT2D eigenvalue weighted by atomic mass is 15.1. The number of terminal acetylenes is 1. The van der Waals surface area contributed by atoms with E-state index in [9.17, 15) is 0 Å². The molecule has 1 rings (SSSR count). The number of hydrogen-bond acceptors (Lipinski definition) is 2. The molecule has 46 valence electrons. The Morgan fingerprint density at radius 2 is 2.67 bits per heavy atom. The lowest BCUT2D eigenvalue weighted by Gasteiger charge is -2.14. The number of aliphatic imine (C=N–C) groups is 1. The molecule has 1 heterocycles. The first-order chi connectivity index (χ1) is 4.33. The van der Waals surface area contributed by atoms with Crippen molar-refractivity contribution in [3.8, 4) is 12.3 Å². The van der Waals surface area contributed by atoms with Gasteiger partial charge in [-0.05, 0) is 0 Å². The van der Waals surface area contributed by atoms with E-state index in [0.717, 1.165) is 12.3 Å². The maximum absolute atomic E-state index is 5.12. The van der Waals surface area contributed by atoms with Gasteiger partial charge in [0.2, 0.25) is 0 Å². The van der Waals surface area contributed by atoms with E-state index in [4.69, 9.17) is 6.42 Å². The van der Waals surface area contributed by atoms with Crippen LogP contribution in [0.2, 0.25) is 0 Å². The molecule has 0 aliphatic carbocycles. The van der Waals surface area contributed by atoms with Gasteiger partial charge >= 0.3 is 0 Å². The van der Waals surface area contributed by atoms with Crippen LogP contribution in [0.5, 0.6) is 0 Å². The smallest absolute Gasteiger partial charge is 0.109 e. The van der Waals surface area contributed by atoms with E-state index < -0.39 is 0 Å². The molecule has 1 aliphatic heterocycles. The molecule has 0 radical (unpaired) electrons. The third-order valence-corrected chi connectivity index (χ3v) is 1.12. The molecule has 0 saturated carbocycles. The molecule has 0 saturated heterocycles. The van der Waals surface area contributed by atoms with E-state index in [2.05, 4.69) is 10.9 Å². The standard InChI is InChI=1S/C7H8N2/c1-3-7-6-9(2)5-4-8-7/h1,4-5H,6H2,2H3. The number of hydrogen-bond donors (Lipinski definition) is 0. The fraction of sp³-hybridized carbons (Fsp3) is 0.286. The van der Waals surface area contributed by atoms with Crippen LogP contribution in [-0.4, -0.2) is 24.2 Å². The first kappa shape index (κ1) is 5.90. The van der Waals surface area contributed by atoms with Crippen molar-refractivity contribution >= 4 is 5.71 Å². The topological polar surface area (TPSA) is 15.6 Å². The second-order valence-electron chi connectivity index (χ2n) is 1.93. The molecule has 0 unspecified atom stereocenters. The highest BCUT2D eigenvalue weighted by Crippen LogP contribution is 1.94. The summed E-state index contributed by atoms with van der Waals surface area (Å²) in [6.45, 7) is 0.757. The summed E-state index contributed by atoms with van der Waals surface area (Å²) in [5, 5.41) is 0. The van der Waals surface area contributed by atoms with Gasteiger partial charge in [-0.15, -0.1) is 6.42 Å². The van der Waals surface area contributed by atoms with Crippen molar-refractivity contribution in [3.63, 3.8) is 0 Å². The summed E-state index contributed by atoms with van der Waals surface area (Å²) in [7, 11) is 1.96. The Labute approximate surface area is 54.9 Å². The molecule has 0 fully saturated rings. The molecule has 9 heavy (non-hydrogen) atoms. The van der Waals surface area contributed by atoms with Gasteiger partial charge in [0.1, 0.15) is 5.71 Å². The van der Waals surface area contributed by atoms with Gasteiger partial charge in [-0.2, -0.15) is 0 Å². The lowest BCUT2D eigenvalue weighted by atomic mass is 10.3. The minimum atomic E-state index is 0.757. The van der Waals surface area contributed by atoms with Gasteiger partial charge in [-0.1, -0.05) is 5.92 Å². The van der Waals surface area contributed by atoms with Crippen LogP contribution >= 0.6 is 0 Å². The summed E-state index contributed by atoms with van der Waals surface area (Å²) in [6, 6.07) is 0. The van der Waals surface area contributed by atoms with Gasteiger partial charge in [0, 0.05) is 19.4 Å². The van der Waals surface area contributed by atoms with Crippen LogP contribution in [0.4, 0.5) is 0 Å². The summed E-state index contributed by atoms with van der Waals surface area (Å²) in [5.74, 6) is 2.49. The maximum Gasteiger partial charge on any atom is 0.109 e. The minimum Gasteiger partial charge on any atom is -0.373 e. The Kier molecular flexibility index (Phi) is 1.55. The molecule has 0 bridgehead atoms. The molecule has 0 aromatic rings. The van der Waals surface area contributed by atoms with Gasteiger partial charge in [-0.25, -0.2) is 4.99 Å². The van der Waals surface area contributed by atoms with Gasteiger partial charge < -0.3 is 4.90 Å². The zero-order chi connectivity index (χ0) is 6.69. The van der Waals surface area contributed by atoms with Gasteiger partial charge in [0.25, 0.3) is 0 Å². The number of nitrogens with zero attached hydrogens (tertiary/aromatic N) is 2. The predicted octanol–water partition coefficient (Wildman–Crippen LogP) is 0.477. The molecule has 0 atom stereocenters. The first-order valence-corrected chi connectivity index (χ1v) is 2.73. The van der Waals surface area contributed by atoms with E-state index in [1.807, 2.05) is 18.1 Å². The Bertz CT molecular complexity index is 195. The zero-order valence-corrected chi connectivity index (χ0v) is 5.33. The molecule has 0 N–H and O–H groups in total. The molecule has 0 aromatic carbocycles. The van der Waals surface area contributed by atoms with Crippen LogP contribution < -0.4 is 0 Å². The molecular formula is C7H8N2. The average Bonchev–Trinajstić information content (AvgIpc) is 1.88. The van der Waals surface area contributed by atoms with Crippen molar-refractivity contribution in [2.75, 3.05) is 13.6 Å². The average molecular weight is 120 g/mol. The summed E-state index contributed by atoms with van der Waals surface area (Å²) in [5.41, 5.74) is 0.792. The van der Waals surface area contributed by atoms with Crippen molar-refractivity contribution in [1.29, 1.82) is 0 Å². The Morgan fingerprint density at radius 3 is 3.11 bits per heavy atom. The van der Waals surface area contributed by atoms with Crippen molar-refractivity contribution in [2.45, 2.75) is 0 Å². The lowest BCUT2D eigenvalue weighted by Crippen LogP contribution is -2.21. The van der Waals surface area contributed by atoms with Crippen LogP contribution in [0, 0.1) is 12.3 Å². The third kappa shape index (κ3) is 1.33. The monoisotopic (exact) mass is 120 g/mol. The largest absolute Gasteiger partial charge is 0.373 e. The van der Waals surface area contributed by atoms with Gasteiger partial charge in [0.15, 0.2) is 0 Å². The van der Waals surface area contributed by atoms with Crippen LogP contribution in [0.25, 0.3) is 0 Å². The second kappa shape index (κ2) is 2.36. The molecule has 0 aromatic heterocycles. The van der Waals surface area contributed by atoms with Crippen molar-refractivity contribution in [1.82, 2.24) is 4.90 Å². The van der Waals surface area contributed by atoms with E-state index in [1.165, 1.54) is 0 Å². The van der Waals surface area contributed by atoms with Crippen LogP contribution in [0.1, 0.15) is 0 Å². The minimum absolute atomic E-state index is 0.757. The second-order valence-corrected chi connectivity index (χ2v) is 1.93. The SMILES string of the molecule is C#CC1=NC=CN(C)C1. The summed E-state index contributed by atoms with van der Waals surface area (Å²) >= 11 is 0. The number of rotatable bonds is 0. The third-order valence-electron chi connectivity index (χ3n) is 1.12. The quantitative estimate of drug-likeness (QED) is 0.424. The lowest BCUT2D eigenvalue weighted by molar-refractivity contribution is 0.518. The van der Waals surface area contributed by atoms with E-state index in [1.54, 1.807) is 6.20 Å². The highest BCUT2D eigenvalue weighted by Gasteiger charge is 1.99. The summed E-state index contributed by atoms with van der Waals surface area (Å²) in [4.78, 5) is 5.94. The fourth-order valence-corrected chi connectivity index (χ4v) is 0.650. The van der Waals surface area contributed by atoms with E-state index in [0.29, 0.717) is 0 Å². The van der Waals surface area contributed by atoms with Crippen molar-refractivity contribution < 1.29 is 0 Å². The molecule has 2 nitrogen and oxygen atoms in total. The maximum atomic E-state index is 5.12.